The van der Waals surface area contributed by atoms with Crippen LogP contribution < -0.4 is 5.32 Å². The van der Waals surface area contributed by atoms with E-state index in [1.165, 1.54) is 18.2 Å². The van der Waals surface area contributed by atoms with Crippen molar-refractivity contribution in [2.45, 2.75) is 13.0 Å². The van der Waals surface area contributed by atoms with Crippen LogP contribution in [0.4, 0.5) is 4.39 Å². The second kappa shape index (κ2) is 6.77. The Morgan fingerprint density at radius 2 is 1.90 bits per heavy atom. The average molecular weight is 391 g/mol. The average Bonchev–Trinajstić information content (AvgIpc) is 2.44. The third kappa shape index (κ3) is 3.96. The molecule has 6 heteroatoms. The second-order valence-electron chi connectivity index (χ2n) is 4.49. The van der Waals surface area contributed by atoms with Gasteiger partial charge in [0.2, 0.25) is 0 Å². The minimum absolute atomic E-state index is 0.238. The highest BCUT2D eigenvalue weighted by atomic mass is 79.9. The van der Waals surface area contributed by atoms with Crippen molar-refractivity contribution in [2.75, 3.05) is 0 Å². The molecule has 0 aliphatic carbocycles. The summed E-state index contributed by atoms with van der Waals surface area (Å²) in [6.45, 7) is 1.81. The van der Waals surface area contributed by atoms with E-state index >= 15 is 0 Å². The second-order valence-corrected chi connectivity index (χ2v) is 6.16. The Hall–Kier alpha value is -1.10. The van der Waals surface area contributed by atoms with E-state index in [0.29, 0.717) is 14.5 Å². The lowest BCUT2D eigenvalue weighted by molar-refractivity contribution is 0.0938. The molecule has 0 saturated carbocycles. The van der Waals surface area contributed by atoms with E-state index in [1.807, 2.05) is 6.92 Å². The first-order valence-electron chi connectivity index (χ1n) is 6.09. The molecule has 0 spiro atoms. The molecule has 0 heterocycles. The van der Waals surface area contributed by atoms with Gasteiger partial charge in [-0.25, -0.2) is 4.39 Å². The van der Waals surface area contributed by atoms with Gasteiger partial charge < -0.3 is 5.32 Å². The van der Waals surface area contributed by atoms with Crippen LogP contribution in [0.3, 0.4) is 0 Å². The third-order valence-electron chi connectivity index (χ3n) is 2.96. The Labute approximate surface area is 140 Å². The molecule has 2 aromatic carbocycles. The van der Waals surface area contributed by atoms with Crippen LogP contribution in [-0.4, -0.2) is 5.91 Å². The van der Waals surface area contributed by atoms with Gasteiger partial charge in [0, 0.05) is 4.47 Å². The Balaban J connectivity index is 2.18. The summed E-state index contributed by atoms with van der Waals surface area (Å²) in [7, 11) is 0. The standard InChI is InChI=1S/C15H11BrCl2FNO/c1-8(9-2-5-13(17)14(18)6-9)20-15(21)11-7-10(19)3-4-12(11)16/h2-8H,1H3,(H,20,21). The maximum atomic E-state index is 13.2. The molecule has 0 fully saturated rings. The van der Waals surface area contributed by atoms with Crippen LogP contribution in [0.25, 0.3) is 0 Å². The zero-order valence-corrected chi connectivity index (χ0v) is 14.1. The smallest absolute Gasteiger partial charge is 0.253 e. The van der Waals surface area contributed by atoms with E-state index in [9.17, 15) is 9.18 Å². The molecule has 1 N–H and O–H groups in total. The lowest BCUT2D eigenvalue weighted by atomic mass is 10.1. The monoisotopic (exact) mass is 389 g/mol. The van der Waals surface area contributed by atoms with Gasteiger partial charge in [-0.1, -0.05) is 29.3 Å². The number of hydrogen-bond donors (Lipinski definition) is 1. The number of carbonyl (C=O) groups is 1. The fourth-order valence-electron chi connectivity index (χ4n) is 1.81. The summed E-state index contributed by atoms with van der Waals surface area (Å²) in [5.41, 5.74) is 1.05. The lowest BCUT2D eigenvalue weighted by Crippen LogP contribution is -2.27. The Morgan fingerprint density at radius 1 is 1.19 bits per heavy atom. The Kier molecular flexibility index (Phi) is 5.25. The number of amides is 1. The number of hydrogen-bond acceptors (Lipinski definition) is 1. The van der Waals surface area contributed by atoms with E-state index in [-0.39, 0.29) is 17.5 Å². The van der Waals surface area contributed by atoms with Crippen LogP contribution in [-0.2, 0) is 0 Å². The summed E-state index contributed by atoms with van der Waals surface area (Å²) >= 11 is 15.0. The minimum atomic E-state index is -0.467. The van der Waals surface area contributed by atoms with Gasteiger partial charge in [-0.05, 0) is 58.7 Å². The van der Waals surface area contributed by atoms with Crippen molar-refractivity contribution in [1.82, 2.24) is 5.32 Å². The van der Waals surface area contributed by atoms with Gasteiger partial charge >= 0.3 is 0 Å². The van der Waals surface area contributed by atoms with Crippen LogP contribution in [0.1, 0.15) is 28.9 Å². The highest BCUT2D eigenvalue weighted by Gasteiger charge is 2.15. The number of benzene rings is 2. The van der Waals surface area contributed by atoms with Gasteiger partial charge in [0.25, 0.3) is 5.91 Å². The Morgan fingerprint density at radius 3 is 2.57 bits per heavy atom. The van der Waals surface area contributed by atoms with E-state index in [1.54, 1.807) is 18.2 Å². The van der Waals surface area contributed by atoms with Crippen LogP contribution in [0.2, 0.25) is 10.0 Å². The van der Waals surface area contributed by atoms with Gasteiger partial charge in [-0.15, -0.1) is 0 Å². The molecule has 21 heavy (non-hydrogen) atoms. The predicted octanol–water partition coefficient (Wildman–Crippen LogP) is 5.39. The van der Waals surface area contributed by atoms with Crippen LogP contribution in [0.5, 0.6) is 0 Å². The molecule has 2 nitrogen and oxygen atoms in total. The number of rotatable bonds is 3. The van der Waals surface area contributed by atoms with Crippen LogP contribution in [0.15, 0.2) is 40.9 Å². The fourth-order valence-corrected chi connectivity index (χ4v) is 2.54. The molecular weight excluding hydrogens is 380 g/mol. The van der Waals surface area contributed by atoms with Crippen LogP contribution >= 0.6 is 39.1 Å². The topological polar surface area (TPSA) is 29.1 Å². The molecule has 1 atom stereocenters. The zero-order chi connectivity index (χ0) is 15.6. The first-order chi connectivity index (χ1) is 9.88. The SMILES string of the molecule is CC(NC(=O)c1cc(F)ccc1Br)c1ccc(Cl)c(Cl)c1. The molecule has 1 unspecified atom stereocenters. The first-order valence-corrected chi connectivity index (χ1v) is 7.64. The summed E-state index contributed by atoms with van der Waals surface area (Å²) in [5.74, 6) is -0.842. The molecule has 0 aliphatic heterocycles. The summed E-state index contributed by atoms with van der Waals surface area (Å²) in [6, 6.07) is 8.80. The molecule has 0 radical (unpaired) electrons. The van der Waals surface area contributed by atoms with Gasteiger partial charge in [0.1, 0.15) is 5.82 Å². The van der Waals surface area contributed by atoms with Crippen molar-refractivity contribution in [3.8, 4) is 0 Å². The van der Waals surface area contributed by atoms with Crippen molar-refractivity contribution in [3.05, 3.63) is 67.9 Å². The molecule has 0 bridgehead atoms. The number of nitrogens with one attached hydrogen (secondary N) is 1. The van der Waals surface area contributed by atoms with Crippen molar-refractivity contribution >= 4 is 45.0 Å². The quantitative estimate of drug-likeness (QED) is 0.748. The maximum absolute atomic E-state index is 13.2. The molecule has 2 aromatic rings. The zero-order valence-electron chi connectivity index (χ0n) is 11.0. The fraction of sp³-hybridized carbons (Fsp3) is 0.133. The van der Waals surface area contributed by atoms with Crippen molar-refractivity contribution in [2.24, 2.45) is 0 Å². The van der Waals surface area contributed by atoms with Crippen molar-refractivity contribution in [1.29, 1.82) is 0 Å². The minimum Gasteiger partial charge on any atom is -0.345 e. The van der Waals surface area contributed by atoms with Crippen molar-refractivity contribution < 1.29 is 9.18 Å². The molecule has 0 saturated heterocycles. The van der Waals surface area contributed by atoms with E-state index in [4.69, 9.17) is 23.2 Å². The summed E-state index contributed by atoms with van der Waals surface area (Å²) in [4.78, 5) is 12.2. The van der Waals surface area contributed by atoms with Gasteiger partial charge in [0.05, 0.1) is 21.7 Å². The third-order valence-corrected chi connectivity index (χ3v) is 4.39. The summed E-state index contributed by atoms with van der Waals surface area (Å²) in [6.07, 6.45) is 0. The molecule has 0 aromatic heterocycles. The highest BCUT2D eigenvalue weighted by molar-refractivity contribution is 9.10. The normalized spacial score (nSPS) is 12.0. The number of halogens is 4. The summed E-state index contributed by atoms with van der Waals surface area (Å²) < 4.78 is 13.8. The molecule has 2 rings (SSSR count). The lowest BCUT2D eigenvalue weighted by Gasteiger charge is -2.15. The first kappa shape index (κ1) is 16.3. The van der Waals surface area contributed by atoms with Crippen LogP contribution in [0, 0.1) is 5.82 Å². The summed E-state index contributed by atoms with van der Waals surface area (Å²) in [5, 5.41) is 3.66. The molecular formula is C15H11BrCl2FNO. The predicted molar refractivity (Wildman–Crippen MR) is 86.4 cm³/mol. The molecule has 1 amide bonds. The van der Waals surface area contributed by atoms with Gasteiger partial charge in [-0.2, -0.15) is 0 Å². The largest absolute Gasteiger partial charge is 0.345 e. The molecule has 0 aliphatic rings. The van der Waals surface area contributed by atoms with E-state index in [2.05, 4.69) is 21.2 Å². The Bertz CT molecular complexity index is 693. The van der Waals surface area contributed by atoms with Crippen molar-refractivity contribution in [3.63, 3.8) is 0 Å². The maximum Gasteiger partial charge on any atom is 0.253 e. The van der Waals surface area contributed by atoms with Gasteiger partial charge in [0.15, 0.2) is 0 Å². The highest BCUT2D eigenvalue weighted by Crippen LogP contribution is 2.26. The van der Waals surface area contributed by atoms with E-state index in [0.717, 1.165) is 5.56 Å². The van der Waals surface area contributed by atoms with E-state index < -0.39 is 5.82 Å². The molecule has 110 valence electrons. The van der Waals surface area contributed by atoms with Gasteiger partial charge in [-0.3, -0.25) is 4.79 Å². The number of carbonyl (C=O) groups excluding carboxylic acids is 1.